The third-order valence-corrected chi connectivity index (χ3v) is 5.30. The Hall–Kier alpha value is -3.05. The van der Waals surface area contributed by atoms with Crippen molar-refractivity contribution in [2.45, 2.75) is 25.2 Å². The van der Waals surface area contributed by atoms with E-state index in [1.54, 1.807) is 10.8 Å². The minimum Gasteiger partial charge on any atom is -0.376 e. The number of hydrogen-bond donors (Lipinski definition) is 2. The average molecular weight is 434 g/mol. The van der Waals surface area contributed by atoms with Gasteiger partial charge in [0.2, 0.25) is 0 Å². The molecule has 1 fully saturated rings. The second-order valence-corrected chi connectivity index (χ2v) is 7.33. The number of fused-ring (bicyclic) bond motifs is 3. The van der Waals surface area contributed by atoms with Crippen LogP contribution in [0.3, 0.4) is 0 Å². The fourth-order valence-corrected chi connectivity index (χ4v) is 3.92. The molecule has 3 aromatic heterocycles. The minimum atomic E-state index is -4.76. The zero-order valence-corrected chi connectivity index (χ0v) is 16.2. The molecule has 4 heterocycles. The van der Waals surface area contributed by atoms with Gasteiger partial charge in [-0.05, 0) is 18.6 Å². The third kappa shape index (κ3) is 3.63. The van der Waals surface area contributed by atoms with Crippen LogP contribution in [0.25, 0.3) is 33.6 Å². The lowest BCUT2D eigenvalue weighted by molar-refractivity contribution is -0.139. The van der Waals surface area contributed by atoms with E-state index in [0.29, 0.717) is 37.3 Å². The van der Waals surface area contributed by atoms with E-state index < -0.39 is 17.7 Å². The fraction of sp³-hybridized carbons (Fsp3) is 0.350. The van der Waals surface area contributed by atoms with Crippen molar-refractivity contribution in [3.63, 3.8) is 0 Å². The van der Waals surface area contributed by atoms with Crippen molar-refractivity contribution in [1.82, 2.24) is 29.8 Å². The predicted octanol–water partition coefficient (Wildman–Crippen LogP) is 3.51. The van der Waals surface area contributed by atoms with Crippen LogP contribution in [-0.4, -0.2) is 50.3 Å². The van der Waals surface area contributed by atoms with Gasteiger partial charge in [0.15, 0.2) is 17.3 Å². The molecule has 1 atom stereocenters. The lowest BCUT2D eigenvalue weighted by atomic mass is 10.1. The molecule has 0 saturated carbocycles. The highest BCUT2D eigenvalue weighted by Crippen LogP contribution is 2.38. The topological polar surface area (TPSA) is 80.7 Å². The van der Waals surface area contributed by atoms with Crippen molar-refractivity contribution >= 4 is 21.9 Å². The van der Waals surface area contributed by atoms with Gasteiger partial charge in [-0.2, -0.15) is 13.2 Å². The molecule has 162 valence electrons. The van der Waals surface area contributed by atoms with Crippen molar-refractivity contribution < 1.29 is 22.3 Å². The first-order chi connectivity index (χ1) is 14.9. The van der Waals surface area contributed by atoms with E-state index in [-0.39, 0.29) is 28.5 Å². The zero-order valence-electron chi connectivity index (χ0n) is 16.2. The van der Waals surface area contributed by atoms with Gasteiger partial charge in [0.05, 0.1) is 23.7 Å². The van der Waals surface area contributed by atoms with Crippen LogP contribution in [0.2, 0.25) is 0 Å². The van der Waals surface area contributed by atoms with Crippen LogP contribution in [0.1, 0.15) is 12.1 Å². The summed E-state index contributed by atoms with van der Waals surface area (Å²) in [4.78, 5) is 15.1. The van der Waals surface area contributed by atoms with Gasteiger partial charge in [-0.1, -0.05) is 0 Å². The molecule has 1 aliphatic heterocycles. The molecule has 1 saturated heterocycles. The van der Waals surface area contributed by atoms with Crippen LogP contribution in [0, 0.1) is 5.82 Å². The number of halogens is 4. The van der Waals surface area contributed by atoms with E-state index in [4.69, 9.17) is 4.74 Å². The lowest BCUT2D eigenvalue weighted by Gasteiger charge is -2.24. The summed E-state index contributed by atoms with van der Waals surface area (Å²) >= 11 is 0. The van der Waals surface area contributed by atoms with E-state index in [9.17, 15) is 17.6 Å². The molecule has 1 aliphatic rings. The Morgan fingerprint density at radius 1 is 1.23 bits per heavy atom. The van der Waals surface area contributed by atoms with Crippen molar-refractivity contribution in [2.24, 2.45) is 0 Å². The van der Waals surface area contributed by atoms with Crippen LogP contribution < -0.4 is 5.32 Å². The van der Waals surface area contributed by atoms with Crippen LogP contribution in [0.15, 0.2) is 30.6 Å². The number of nitrogens with one attached hydrogen (secondary N) is 2. The Labute approximate surface area is 173 Å². The first-order valence-electron chi connectivity index (χ1n) is 9.80. The highest BCUT2D eigenvalue weighted by Gasteiger charge is 2.38. The number of ether oxygens (including phenoxy) is 1. The smallest absolute Gasteiger partial charge is 0.376 e. The maximum absolute atomic E-state index is 13.8. The monoisotopic (exact) mass is 434 g/mol. The molecule has 5 rings (SSSR count). The SMILES string of the molecule is Fc1ccc2c(c1)nc(C(F)(F)F)c1nc(-c3ncc[nH]3)n(CCC3CNCCO3)c12. The van der Waals surface area contributed by atoms with Gasteiger partial charge in [0.25, 0.3) is 0 Å². The Morgan fingerprint density at radius 3 is 2.81 bits per heavy atom. The maximum atomic E-state index is 13.8. The standard InChI is InChI=1S/C20H18F4N6O/c21-11-1-2-13-14(9-11)28-17(20(22,23)24)15-16(13)30(7-3-12-10-25-6-8-31-12)19(29-15)18-26-4-5-27-18/h1-2,4-5,9,12,25H,3,6-8,10H2,(H,26,27). The molecular weight excluding hydrogens is 416 g/mol. The second-order valence-electron chi connectivity index (χ2n) is 7.33. The summed E-state index contributed by atoms with van der Waals surface area (Å²) in [6.07, 6.45) is -1.20. The van der Waals surface area contributed by atoms with Gasteiger partial charge >= 0.3 is 6.18 Å². The van der Waals surface area contributed by atoms with Gasteiger partial charge < -0.3 is 19.6 Å². The van der Waals surface area contributed by atoms with Crippen LogP contribution in [0.5, 0.6) is 0 Å². The number of benzene rings is 1. The number of morpholine rings is 1. The summed E-state index contributed by atoms with van der Waals surface area (Å²) in [5.41, 5.74) is -1.28. The summed E-state index contributed by atoms with van der Waals surface area (Å²) in [6.45, 7) is 2.33. The molecule has 4 aromatic rings. The number of aromatic nitrogens is 5. The molecule has 2 N–H and O–H groups in total. The molecule has 11 heteroatoms. The summed E-state index contributed by atoms with van der Waals surface area (Å²) in [6, 6.07) is 3.64. The molecule has 1 aromatic carbocycles. The summed E-state index contributed by atoms with van der Waals surface area (Å²) in [7, 11) is 0. The van der Waals surface area contributed by atoms with E-state index >= 15 is 0 Å². The number of alkyl halides is 3. The van der Waals surface area contributed by atoms with E-state index in [1.807, 2.05) is 0 Å². The van der Waals surface area contributed by atoms with Crippen molar-refractivity contribution in [3.8, 4) is 11.6 Å². The minimum absolute atomic E-state index is 0.0803. The molecule has 7 nitrogen and oxygen atoms in total. The number of nitrogens with zero attached hydrogens (tertiary/aromatic N) is 4. The molecule has 0 amide bonds. The first-order valence-corrected chi connectivity index (χ1v) is 9.80. The van der Waals surface area contributed by atoms with Crippen LogP contribution in [-0.2, 0) is 17.5 Å². The van der Waals surface area contributed by atoms with Crippen molar-refractivity contribution in [1.29, 1.82) is 0 Å². The molecule has 0 aliphatic carbocycles. The largest absolute Gasteiger partial charge is 0.435 e. The molecule has 0 bridgehead atoms. The third-order valence-electron chi connectivity index (χ3n) is 5.30. The summed E-state index contributed by atoms with van der Waals surface area (Å²) in [5.74, 6) is -0.0679. The highest BCUT2D eigenvalue weighted by atomic mass is 19.4. The maximum Gasteiger partial charge on any atom is 0.435 e. The Morgan fingerprint density at radius 2 is 2.10 bits per heavy atom. The van der Waals surface area contributed by atoms with Crippen LogP contribution in [0.4, 0.5) is 17.6 Å². The lowest BCUT2D eigenvalue weighted by Crippen LogP contribution is -2.38. The number of rotatable bonds is 4. The van der Waals surface area contributed by atoms with E-state index in [1.165, 1.54) is 18.3 Å². The van der Waals surface area contributed by atoms with Gasteiger partial charge in [0, 0.05) is 43.5 Å². The number of imidazole rings is 2. The van der Waals surface area contributed by atoms with E-state index in [0.717, 1.165) is 12.6 Å². The number of aromatic amines is 1. The number of aryl methyl sites for hydroxylation is 1. The number of H-pyrrole nitrogens is 1. The molecule has 0 radical (unpaired) electrons. The Kier molecular flexibility index (Phi) is 4.86. The fourth-order valence-electron chi connectivity index (χ4n) is 3.92. The molecule has 31 heavy (non-hydrogen) atoms. The summed E-state index contributed by atoms with van der Waals surface area (Å²) < 4.78 is 62.8. The predicted molar refractivity (Wildman–Crippen MR) is 105 cm³/mol. The van der Waals surface area contributed by atoms with Crippen molar-refractivity contribution in [3.05, 3.63) is 42.1 Å². The second kappa shape index (κ2) is 7.57. The Balaban J connectivity index is 1.75. The number of hydrogen-bond acceptors (Lipinski definition) is 5. The molecule has 0 spiro atoms. The van der Waals surface area contributed by atoms with Gasteiger partial charge in [-0.15, -0.1) is 0 Å². The highest BCUT2D eigenvalue weighted by molar-refractivity contribution is 6.04. The van der Waals surface area contributed by atoms with E-state index in [2.05, 4.69) is 25.3 Å². The summed E-state index contributed by atoms with van der Waals surface area (Å²) in [5, 5.41) is 3.63. The zero-order chi connectivity index (χ0) is 21.6. The van der Waals surface area contributed by atoms with Gasteiger partial charge in [-0.3, -0.25) is 0 Å². The average Bonchev–Trinajstić information content (AvgIpc) is 3.39. The van der Waals surface area contributed by atoms with Crippen LogP contribution >= 0.6 is 0 Å². The molecule has 1 unspecified atom stereocenters. The van der Waals surface area contributed by atoms with Crippen molar-refractivity contribution in [2.75, 3.05) is 19.7 Å². The quantitative estimate of drug-likeness (QED) is 0.481. The Bertz CT molecular complexity index is 1230. The number of pyridine rings is 1. The normalized spacial score (nSPS) is 17.6. The van der Waals surface area contributed by atoms with Gasteiger partial charge in [0.1, 0.15) is 11.3 Å². The van der Waals surface area contributed by atoms with Gasteiger partial charge in [-0.25, -0.2) is 19.3 Å². The first kappa shape index (κ1) is 19.9. The molecular formula is C20H18F4N6O.